The van der Waals surface area contributed by atoms with Gasteiger partial charge in [-0.05, 0) is 65.2 Å². The Morgan fingerprint density at radius 1 is 0.774 bits per heavy atom. The lowest BCUT2D eigenvalue weighted by molar-refractivity contribution is 0.0921. The number of carbonyl (C=O) groups excluding carboxylic acids is 1. The number of hydrogen-bond acceptors (Lipinski definition) is 3. The maximum atomic E-state index is 12.5. The van der Waals surface area contributed by atoms with E-state index >= 15 is 0 Å². The molecule has 0 spiro atoms. The van der Waals surface area contributed by atoms with Crippen molar-refractivity contribution < 1.29 is 9.53 Å². The van der Waals surface area contributed by atoms with E-state index in [4.69, 9.17) is 4.74 Å². The van der Waals surface area contributed by atoms with Crippen LogP contribution in [0.2, 0.25) is 0 Å². The van der Waals surface area contributed by atoms with E-state index in [1.165, 1.54) is 0 Å². The zero-order valence-corrected chi connectivity index (χ0v) is 18.3. The zero-order valence-electron chi connectivity index (χ0n) is 16.7. The van der Waals surface area contributed by atoms with Crippen molar-refractivity contribution in [2.75, 3.05) is 6.61 Å². The molecular weight excluding hydrogens is 450 g/mol. The number of rotatable bonds is 7. The molecule has 4 heteroatoms. The van der Waals surface area contributed by atoms with Gasteiger partial charge in [-0.2, -0.15) is 0 Å². The van der Waals surface area contributed by atoms with E-state index in [1.807, 2.05) is 103 Å². The minimum atomic E-state index is -0.0551. The Hall–Kier alpha value is -3.50. The highest BCUT2D eigenvalue weighted by molar-refractivity contribution is 9.10. The topological polar surface area (TPSA) is 38.7 Å². The van der Waals surface area contributed by atoms with Crippen LogP contribution in [0.4, 0.5) is 5.69 Å². The third-order valence-corrected chi connectivity index (χ3v) is 5.28. The number of benzene rings is 4. The van der Waals surface area contributed by atoms with Gasteiger partial charge < -0.3 is 4.74 Å². The van der Waals surface area contributed by atoms with Crippen molar-refractivity contribution in [3.05, 3.63) is 119 Å². The van der Waals surface area contributed by atoms with E-state index in [2.05, 4.69) is 20.9 Å². The summed E-state index contributed by atoms with van der Waals surface area (Å²) in [6.45, 7) is -0.00296. The van der Waals surface area contributed by atoms with Gasteiger partial charge in [0.05, 0.1) is 5.69 Å². The Kier molecular flexibility index (Phi) is 6.70. The summed E-state index contributed by atoms with van der Waals surface area (Å²) in [4.78, 5) is 16.9. The Morgan fingerprint density at radius 3 is 2.10 bits per heavy atom. The Morgan fingerprint density at radius 2 is 1.42 bits per heavy atom. The minimum Gasteiger partial charge on any atom is -0.485 e. The summed E-state index contributed by atoms with van der Waals surface area (Å²) in [5.41, 5.74) is 4.68. The first-order chi connectivity index (χ1) is 15.2. The molecule has 0 atom stereocenters. The molecule has 0 radical (unpaired) electrons. The number of aliphatic imine (C=N–C) groups is 1. The van der Waals surface area contributed by atoms with Gasteiger partial charge in [-0.3, -0.25) is 9.79 Å². The third-order valence-electron chi connectivity index (χ3n) is 4.75. The number of halogens is 1. The quantitative estimate of drug-likeness (QED) is 0.213. The summed E-state index contributed by atoms with van der Waals surface area (Å²) in [5, 5.41) is 0. The average Bonchev–Trinajstić information content (AvgIpc) is 2.83. The molecule has 0 aliphatic rings. The van der Waals surface area contributed by atoms with E-state index in [0.29, 0.717) is 11.3 Å². The van der Waals surface area contributed by atoms with E-state index in [9.17, 15) is 4.79 Å². The lowest BCUT2D eigenvalue weighted by Gasteiger charge is -2.07. The van der Waals surface area contributed by atoms with Crippen LogP contribution >= 0.6 is 15.9 Å². The van der Waals surface area contributed by atoms with Crippen LogP contribution in [0.5, 0.6) is 5.75 Å². The van der Waals surface area contributed by atoms with Crippen LogP contribution in [0.15, 0.2) is 113 Å². The van der Waals surface area contributed by atoms with Crippen LogP contribution in [0.25, 0.3) is 11.1 Å². The van der Waals surface area contributed by atoms with Gasteiger partial charge in [0.2, 0.25) is 0 Å². The molecule has 4 rings (SSSR count). The molecule has 0 saturated carbocycles. The minimum absolute atomic E-state index is 0.00296. The van der Waals surface area contributed by atoms with Crippen LogP contribution in [0, 0.1) is 0 Å². The van der Waals surface area contributed by atoms with Crippen LogP contribution in [0.1, 0.15) is 15.9 Å². The maximum absolute atomic E-state index is 12.5. The standard InChI is InChI=1S/C27H20BrNO2/c28-24-12-14-25(15-13-24)29-18-20-6-16-26(17-7-20)31-19-27(30)23-10-8-22(9-11-23)21-4-2-1-3-5-21/h1-18H,19H2. The molecule has 0 N–H and O–H groups in total. The van der Waals surface area contributed by atoms with Crippen LogP contribution in [-0.2, 0) is 0 Å². The Bertz CT molecular complexity index is 1170. The van der Waals surface area contributed by atoms with Gasteiger partial charge in [0, 0.05) is 16.3 Å². The van der Waals surface area contributed by atoms with Gasteiger partial charge in [-0.1, -0.05) is 70.5 Å². The first kappa shape index (κ1) is 20.8. The average molecular weight is 470 g/mol. The van der Waals surface area contributed by atoms with Gasteiger partial charge in [-0.25, -0.2) is 0 Å². The second kappa shape index (κ2) is 10.0. The van der Waals surface area contributed by atoms with Gasteiger partial charge in [0.1, 0.15) is 5.75 Å². The number of Topliss-reactive ketones (excluding diaryl/α,β-unsaturated/α-hetero) is 1. The molecule has 3 nitrogen and oxygen atoms in total. The number of ketones is 1. The second-order valence-electron chi connectivity index (χ2n) is 6.96. The van der Waals surface area contributed by atoms with Crippen LogP contribution in [0.3, 0.4) is 0 Å². The molecular formula is C27H20BrNO2. The molecule has 0 fully saturated rings. The molecule has 0 aromatic heterocycles. The molecule has 0 aliphatic heterocycles. The molecule has 31 heavy (non-hydrogen) atoms. The van der Waals surface area contributed by atoms with Crippen molar-refractivity contribution in [2.45, 2.75) is 0 Å². The molecule has 4 aromatic rings. The second-order valence-corrected chi connectivity index (χ2v) is 7.87. The third kappa shape index (κ3) is 5.77. The Balaban J connectivity index is 1.32. The van der Waals surface area contributed by atoms with Crippen molar-refractivity contribution in [1.29, 1.82) is 0 Å². The fraction of sp³-hybridized carbons (Fsp3) is 0.0370. The molecule has 0 amide bonds. The number of nitrogens with zero attached hydrogens (tertiary/aromatic N) is 1. The number of carbonyl (C=O) groups is 1. The smallest absolute Gasteiger partial charge is 0.200 e. The fourth-order valence-corrected chi connectivity index (χ4v) is 3.30. The molecule has 0 heterocycles. The molecule has 0 saturated heterocycles. The van der Waals surface area contributed by atoms with Crippen molar-refractivity contribution in [3.8, 4) is 16.9 Å². The molecule has 0 bridgehead atoms. The predicted molar refractivity (Wildman–Crippen MR) is 130 cm³/mol. The molecule has 0 aliphatic carbocycles. The lowest BCUT2D eigenvalue weighted by atomic mass is 10.0. The van der Waals surface area contributed by atoms with E-state index in [1.54, 1.807) is 6.21 Å². The lowest BCUT2D eigenvalue weighted by Crippen LogP contribution is -2.11. The molecule has 4 aromatic carbocycles. The number of ether oxygens (including phenoxy) is 1. The predicted octanol–water partition coefficient (Wildman–Crippen LogP) is 7.13. The maximum Gasteiger partial charge on any atom is 0.200 e. The highest BCUT2D eigenvalue weighted by Crippen LogP contribution is 2.20. The first-order valence-electron chi connectivity index (χ1n) is 9.88. The fourth-order valence-electron chi connectivity index (χ4n) is 3.04. The van der Waals surface area contributed by atoms with Crippen molar-refractivity contribution in [3.63, 3.8) is 0 Å². The van der Waals surface area contributed by atoms with Crippen molar-refractivity contribution in [1.82, 2.24) is 0 Å². The van der Waals surface area contributed by atoms with Gasteiger partial charge in [0.15, 0.2) is 12.4 Å². The summed E-state index contributed by atoms with van der Waals surface area (Å²) in [6, 6.07) is 33.0. The first-order valence-corrected chi connectivity index (χ1v) is 10.7. The number of hydrogen-bond donors (Lipinski definition) is 0. The van der Waals surface area contributed by atoms with Gasteiger partial charge >= 0.3 is 0 Å². The zero-order chi connectivity index (χ0) is 21.5. The van der Waals surface area contributed by atoms with E-state index in [0.717, 1.165) is 26.9 Å². The summed E-state index contributed by atoms with van der Waals surface area (Å²) < 4.78 is 6.69. The summed E-state index contributed by atoms with van der Waals surface area (Å²) in [6.07, 6.45) is 1.80. The molecule has 152 valence electrons. The van der Waals surface area contributed by atoms with Gasteiger partial charge in [0.25, 0.3) is 0 Å². The van der Waals surface area contributed by atoms with Crippen molar-refractivity contribution >= 4 is 33.6 Å². The van der Waals surface area contributed by atoms with E-state index < -0.39 is 0 Å². The summed E-state index contributed by atoms with van der Waals surface area (Å²) in [7, 11) is 0. The molecule has 0 unspecified atom stereocenters. The van der Waals surface area contributed by atoms with E-state index in [-0.39, 0.29) is 12.4 Å². The highest BCUT2D eigenvalue weighted by Gasteiger charge is 2.07. The summed E-state index contributed by atoms with van der Waals surface area (Å²) >= 11 is 3.41. The Labute approximate surface area is 190 Å². The van der Waals surface area contributed by atoms with Crippen LogP contribution in [-0.4, -0.2) is 18.6 Å². The monoisotopic (exact) mass is 469 g/mol. The SMILES string of the molecule is O=C(COc1ccc(C=Nc2ccc(Br)cc2)cc1)c1ccc(-c2ccccc2)cc1. The largest absolute Gasteiger partial charge is 0.485 e. The van der Waals surface area contributed by atoms with Crippen LogP contribution < -0.4 is 4.74 Å². The normalized spacial score (nSPS) is 10.9. The van der Waals surface area contributed by atoms with Crippen molar-refractivity contribution in [2.24, 2.45) is 4.99 Å². The van der Waals surface area contributed by atoms with Gasteiger partial charge in [-0.15, -0.1) is 0 Å². The summed E-state index contributed by atoms with van der Waals surface area (Å²) in [5.74, 6) is 0.593. The highest BCUT2D eigenvalue weighted by atomic mass is 79.9.